The molecule has 0 aliphatic heterocycles. The number of halogens is 2. The van der Waals surface area contributed by atoms with Crippen LogP contribution in [-0.4, -0.2) is 12.0 Å². The van der Waals surface area contributed by atoms with Crippen molar-refractivity contribution in [3.8, 4) is 5.75 Å². The van der Waals surface area contributed by atoms with Crippen LogP contribution in [0.1, 0.15) is 30.9 Å². The molecule has 2 aromatic carbocycles. The normalized spacial score (nSPS) is 14.6. The zero-order chi connectivity index (χ0) is 17.1. The fourth-order valence-electron chi connectivity index (χ4n) is 2.92. The first-order valence-electron chi connectivity index (χ1n) is 8.08. The van der Waals surface area contributed by atoms with Gasteiger partial charge in [-0.1, -0.05) is 23.7 Å². The van der Waals surface area contributed by atoms with Crippen molar-refractivity contribution in [2.75, 3.05) is 5.32 Å². The number of benzene rings is 2. The Hall–Kier alpha value is -2.07. The fraction of sp³-hybridized carbons (Fsp3) is 0.316. The molecule has 1 N–H and O–H groups in total. The number of hydrogen-bond acceptors (Lipinski definition) is 2. The second-order valence-corrected chi connectivity index (χ2v) is 6.39. The predicted molar refractivity (Wildman–Crippen MR) is 93.2 cm³/mol. The van der Waals surface area contributed by atoms with E-state index in [4.69, 9.17) is 16.3 Å². The summed E-state index contributed by atoms with van der Waals surface area (Å²) >= 11 is 5.73. The summed E-state index contributed by atoms with van der Waals surface area (Å²) in [7, 11) is 0. The van der Waals surface area contributed by atoms with E-state index in [0.29, 0.717) is 5.69 Å². The average Bonchev–Trinajstić information content (AvgIpc) is 2.58. The standard InChI is InChI=1S/C19H19ClFNO2/c1-12(19(23)22-14-9-10-17(21)16(20)11-14)24-18-8-4-6-13-5-2-3-7-15(13)18/h4,6,8-12H,2-3,5,7H2,1H3,(H,22,23)/t12-/m1/s1. The Morgan fingerprint density at radius 2 is 2.04 bits per heavy atom. The molecular formula is C19H19ClFNO2. The Kier molecular flexibility index (Phi) is 5.05. The van der Waals surface area contributed by atoms with Crippen molar-refractivity contribution in [3.63, 3.8) is 0 Å². The van der Waals surface area contributed by atoms with Gasteiger partial charge in [0.1, 0.15) is 11.6 Å². The number of anilines is 1. The lowest BCUT2D eigenvalue weighted by Gasteiger charge is -2.22. The van der Waals surface area contributed by atoms with Crippen LogP contribution in [0.4, 0.5) is 10.1 Å². The lowest BCUT2D eigenvalue weighted by Crippen LogP contribution is -2.30. The summed E-state index contributed by atoms with van der Waals surface area (Å²) in [6, 6.07) is 10.1. The summed E-state index contributed by atoms with van der Waals surface area (Å²) in [6.45, 7) is 1.70. The Balaban J connectivity index is 1.69. The van der Waals surface area contributed by atoms with Crippen molar-refractivity contribution < 1.29 is 13.9 Å². The zero-order valence-electron chi connectivity index (χ0n) is 13.4. The van der Waals surface area contributed by atoms with Crippen LogP contribution in [0.3, 0.4) is 0 Å². The molecule has 0 saturated carbocycles. The monoisotopic (exact) mass is 347 g/mol. The lowest BCUT2D eigenvalue weighted by molar-refractivity contribution is -0.122. The highest BCUT2D eigenvalue weighted by Crippen LogP contribution is 2.30. The summed E-state index contributed by atoms with van der Waals surface area (Å²) in [6.07, 6.45) is 3.70. The van der Waals surface area contributed by atoms with Crippen molar-refractivity contribution in [1.29, 1.82) is 0 Å². The summed E-state index contributed by atoms with van der Waals surface area (Å²) in [5.74, 6) is -0.0482. The summed E-state index contributed by atoms with van der Waals surface area (Å²) in [5.41, 5.74) is 2.95. The van der Waals surface area contributed by atoms with Gasteiger partial charge in [-0.25, -0.2) is 4.39 Å². The molecule has 1 aliphatic carbocycles. The van der Waals surface area contributed by atoms with Gasteiger partial charge in [-0.05, 0) is 68.0 Å². The number of amides is 1. The van der Waals surface area contributed by atoms with E-state index < -0.39 is 11.9 Å². The number of carbonyl (C=O) groups is 1. The quantitative estimate of drug-likeness (QED) is 0.865. The molecule has 2 aromatic rings. The molecule has 24 heavy (non-hydrogen) atoms. The molecule has 0 radical (unpaired) electrons. The van der Waals surface area contributed by atoms with Gasteiger partial charge in [0.25, 0.3) is 5.91 Å². The summed E-state index contributed by atoms with van der Waals surface area (Å²) in [4.78, 5) is 12.3. The van der Waals surface area contributed by atoms with Crippen LogP contribution in [0, 0.1) is 5.82 Å². The molecule has 0 saturated heterocycles. The number of fused-ring (bicyclic) bond motifs is 1. The largest absolute Gasteiger partial charge is 0.481 e. The molecule has 0 heterocycles. The van der Waals surface area contributed by atoms with Gasteiger partial charge in [0.2, 0.25) is 0 Å². The molecule has 1 aliphatic rings. The van der Waals surface area contributed by atoms with Gasteiger partial charge < -0.3 is 10.1 Å². The molecule has 0 unspecified atom stereocenters. The molecule has 3 nitrogen and oxygen atoms in total. The first-order valence-corrected chi connectivity index (χ1v) is 8.46. The molecule has 3 rings (SSSR count). The van der Waals surface area contributed by atoms with Crippen LogP contribution in [0.25, 0.3) is 0 Å². The van der Waals surface area contributed by atoms with E-state index in [2.05, 4.69) is 11.4 Å². The van der Waals surface area contributed by atoms with Crippen molar-refractivity contribution in [2.45, 2.75) is 38.7 Å². The van der Waals surface area contributed by atoms with Crippen LogP contribution in [0.5, 0.6) is 5.75 Å². The number of hydrogen-bond donors (Lipinski definition) is 1. The molecule has 126 valence electrons. The number of nitrogens with one attached hydrogen (secondary N) is 1. The number of carbonyl (C=O) groups excluding carboxylic acids is 1. The molecular weight excluding hydrogens is 329 g/mol. The molecule has 0 bridgehead atoms. The van der Waals surface area contributed by atoms with Crippen LogP contribution in [-0.2, 0) is 17.6 Å². The first kappa shape index (κ1) is 16.8. The third kappa shape index (κ3) is 3.70. The Labute approximate surface area is 145 Å². The van der Waals surface area contributed by atoms with E-state index in [0.717, 1.165) is 25.0 Å². The fourth-order valence-corrected chi connectivity index (χ4v) is 3.10. The van der Waals surface area contributed by atoms with Gasteiger partial charge in [-0.15, -0.1) is 0 Å². The molecule has 5 heteroatoms. The van der Waals surface area contributed by atoms with Gasteiger partial charge in [-0.3, -0.25) is 4.79 Å². The van der Waals surface area contributed by atoms with Crippen molar-refractivity contribution in [2.24, 2.45) is 0 Å². The SMILES string of the molecule is C[C@@H](Oc1cccc2c1CCCC2)C(=O)Nc1ccc(F)c(Cl)c1. The predicted octanol–water partition coefficient (Wildman–Crippen LogP) is 4.76. The van der Waals surface area contributed by atoms with E-state index in [1.165, 1.54) is 35.7 Å². The van der Waals surface area contributed by atoms with Crippen LogP contribution >= 0.6 is 11.6 Å². The van der Waals surface area contributed by atoms with Gasteiger partial charge in [0, 0.05) is 5.69 Å². The minimum atomic E-state index is -0.665. The van der Waals surface area contributed by atoms with Gasteiger partial charge in [0.05, 0.1) is 5.02 Å². The maximum Gasteiger partial charge on any atom is 0.265 e. The van der Waals surface area contributed by atoms with E-state index in [1.807, 2.05) is 12.1 Å². The van der Waals surface area contributed by atoms with Crippen molar-refractivity contribution in [3.05, 3.63) is 58.4 Å². The Morgan fingerprint density at radius 3 is 2.83 bits per heavy atom. The highest BCUT2D eigenvalue weighted by atomic mass is 35.5. The number of aryl methyl sites for hydroxylation is 1. The zero-order valence-corrected chi connectivity index (χ0v) is 14.2. The van der Waals surface area contributed by atoms with Crippen LogP contribution < -0.4 is 10.1 Å². The van der Waals surface area contributed by atoms with E-state index >= 15 is 0 Å². The van der Waals surface area contributed by atoms with Gasteiger partial charge >= 0.3 is 0 Å². The molecule has 0 aromatic heterocycles. The maximum atomic E-state index is 13.2. The molecule has 1 atom stereocenters. The van der Waals surface area contributed by atoms with Gasteiger partial charge in [-0.2, -0.15) is 0 Å². The van der Waals surface area contributed by atoms with Crippen LogP contribution in [0.15, 0.2) is 36.4 Å². The van der Waals surface area contributed by atoms with E-state index in [9.17, 15) is 9.18 Å². The molecule has 0 spiro atoms. The molecule has 1 amide bonds. The highest BCUT2D eigenvalue weighted by Gasteiger charge is 2.19. The van der Waals surface area contributed by atoms with Crippen LogP contribution in [0.2, 0.25) is 5.02 Å². The summed E-state index contributed by atoms with van der Waals surface area (Å²) < 4.78 is 19.1. The second-order valence-electron chi connectivity index (χ2n) is 5.98. The van der Waals surface area contributed by atoms with Gasteiger partial charge in [0.15, 0.2) is 6.10 Å². The lowest BCUT2D eigenvalue weighted by atomic mass is 9.91. The topological polar surface area (TPSA) is 38.3 Å². The maximum absolute atomic E-state index is 13.2. The van der Waals surface area contributed by atoms with E-state index in [1.54, 1.807) is 6.92 Å². The average molecular weight is 348 g/mol. The van der Waals surface area contributed by atoms with Crippen molar-refractivity contribution >= 4 is 23.2 Å². The smallest absolute Gasteiger partial charge is 0.265 e. The second kappa shape index (κ2) is 7.22. The first-order chi connectivity index (χ1) is 11.5. The summed E-state index contributed by atoms with van der Waals surface area (Å²) in [5, 5.41) is 2.67. The molecule has 0 fully saturated rings. The van der Waals surface area contributed by atoms with Crippen molar-refractivity contribution in [1.82, 2.24) is 0 Å². The number of rotatable bonds is 4. The minimum absolute atomic E-state index is 0.0292. The Morgan fingerprint density at radius 1 is 1.25 bits per heavy atom. The third-order valence-electron chi connectivity index (χ3n) is 4.21. The highest BCUT2D eigenvalue weighted by molar-refractivity contribution is 6.31. The third-order valence-corrected chi connectivity index (χ3v) is 4.50. The number of ether oxygens (including phenoxy) is 1. The minimum Gasteiger partial charge on any atom is -0.481 e. The van der Waals surface area contributed by atoms with E-state index in [-0.39, 0.29) is 10.9 Å². The Bertz CT molecular complexity index is 763.